The zero-order valence-corrected chi connectivity index (χ0v) is 12.6. The number of carbonyl (C=O) groups excluding carboxylic acids is 1. The second-order valence-electron chi connectivity index (χ2n) is 5.51. The molecule has 2 heterocycles. The Labute approximate surface area is 131 Å². The zero-order chi connectivity index (χ0) is 16.6. The molecule has 0 unspecified atom stereocenters. The number of amides is 1. The first-order valence-electron chi connectivity index (χ1n) is 7.41. The average Bonchev–Trinajstić information content (AvgIpc) is 2.88. The Bertz CT molecular complexity index is 804. The highest BCUT2D eigenvalue weighted by Crippen LogP contribution is 2.21. The van der Waals surface area contributed by atoms with Gasteiger partial charge in [-0.15, -0.1) is 0 Å². The quantitative estimate of drug-likeness (QED) is 0.880. The fourth-order valence-corrected chi connectivity index (χ4v) is 2.87. The van der Waals surface area contributed by atoms with Crippen molar-refractivity contribution in [3.8, 4) is 0 Å². The zero-order valence-electron chi connectivity index (χ0n) is 12.6. The fraction of sp³-hybridized carbons (Fsp3) is 0.375. The minimum atomic E-state index is -0.774. The molecule has 0 aliphatic carbocycles. The van der Waals surface area contributed by atoms with Crippen LogP contribution in [0.3, 0.4) is 0 Å². The number of H-pyrrole nitrogens is 1. The van der Waals surface area contributed by atoms with E-state index in [0.717, 1.165) is 6.07 Å². The Morgan fingerprint density at radius 1 is 1.43 bits per heavy atom. The van der Waals surface area contributed by atoms with Gasteiger partial charge in [0.2, 0.25) is 5.56 Å². The molecule has 2 N–H and O–H groups in total. The average molecular weight is 320 g/mol. The van der Waals surface area contributed by atoms with Crippen LogP contribution in [0.15, 0.2) is 29.1 Å². The summed E-state index contributed by atoms with van der Waals surface area (Å²) in [6.45, 7) is 2.59. The lowest BCUT2D eigenvalue weighted by Gasteiger charge is -2.17. The number of β-amino-alcohol motifs (C(OH)–C–C–N with tert-alkyl or cyclic N) is 1. The van der Waals surface area contributed by atoms with Gasteiger partial charge in [-0.2, -0.15) is 0 Å². The molecule has 7 heteroatoms. The van der Waals surface area contributed by atoms with Gasteiger partial charge in [-0.05, 0) is 25.1 Å². The van der Waals surface area contributed by atoms with Crippen molar-refractivity contribution in [1.29, 1.82) is 0 Å². The van der Waals surface area contributed by atoms with E-state index in [1.165, 1.54) is 23.1 Å². The van der Waals surface area contributed by atoms with E-state index >= 15 is 0 Å². The molecule has 0 saturated carbocycles. The second-order valence-corrected chi connectivity index (χ2v) is 5.51. The van der Waals surface area contributed by atoms with Gasteiger partial charge in [0, 0.05) is 36.7 Å². The lowest BCUT2D eigenvalue weighted by atomic mass is 10.1. The number of hydrogen-bond acceptors (Lipinski definition) is 4. The van der Waals surface area contributed by atoms with Gasteiger partial charge in [0.15, 0.2) is 0 Å². The minimum Gasteiger partial charge on any atom is -0.388 e. The lowest BCUT2D eigenvalue weighted by molar-refractivity contribution is -0.00237. The number of benzene rings is 1. The molecule has 122 valence electrons. The summed E-state index contributed by atoms with van der Waals surface area (Å²) < 4.78 is 18.9. The maximum atomic E-state index is 13.5. The highest BCUT2D eigenvalue weighted by atomic mass is 19.1. The normalized spacial score (nSPS) is 21.1. The van der Waals surface area contributed by atoms with Crippen molar-refractivity contribution in [3.05, 3.63) is 46.0 Å². The Morgan fingerprint density at radius 2 is 2.22 bits per heavy atom. The standard InChI is InChI=1S/C16H17FN2O4/c1-2-23-14-8-19(7-13(14)20)16(22)11-6-15(21)18-12-4-3-9(17)5-10(11)12/h3-6,13-14,20H,2,7-8H2,1H3,(H,18,21)/t13-,14-/m1/s1. The van der Waals surface area contributed by atoms with Crippen LogP contribution in [0.2, 0.25) is 0 Å². The predicted octanol–water partition coefficient (Wildman–Crippen LogP) is 0.889. The first-order valence-corrected chi connectivity index (χ1v) is 7.41. The van der Waals surface area contributed by atoms with Crippen LogP contribution in [-0.2, 0) is 4.74 Å². The van der Waals surface area contributed by atoms with Crippen LogP contribution < -0.4 is 5.56 Å². The van der Waals surface area contributed by atoms with E-state index in [2.05, 4.69) is 4.98 Å². The molecule has 1 aliphatic heterocycles. The van der Waals surface area contributed by atoms with Gasteiger partial charge < -0.3 is 19.7 Å². The van der Waals surface area contributed by atoms with Crippen molar-refractivity contribution in [2.45, 2.75) is 19.1 Å². The number of pyridine rings is 1. The van der Waals surface area contributed by atoms with E-state index in [-0.39, 0.29) is 18.7 Å². The molecule has 23 heavy (non-hydrogen) atoms. The van der Waals surface area contributed by atoms with Crippen LogP contribution in [0, 0.1) is 5.82 Å². The first-order chi connectivity index (χ1) is 11.0. The molecule has 0 radical (unpaired) electrons. The van der Waals surface area contributed by atoms with Crippen molar-refractivity contribution in [1.82, 2.24) is 9.88 Å². The molecule has 2 atom stereocenters. The Balaban J connectivity index is 1.98. The summed E-state index contributed by atoms with van der Waals surface area (Å²) in [5.41, 5.74) is 0.0736. The monoisotopic (exact) mass is 320 g/mol. The molecule has 0 bridgehead atoms. The molecule has 6 nitrogen and oxygen atoms in total. The molecule has 0 spiro atoms. The molecular weight excluding hydrogens is 303 g/mol. The number of likely N-dealkylation sites (tertiary alicyclic amines) is 1. The van der Waals surface area contributed by atoms with Gasteiger partial charge >= 0.3 is 0 Å². The summed E-state index contributed by atoms with van der Waals surface area (Å²) in [5.74, 6) is -0.916. The number of nitrogens with one attached hydrogen (secondary N) is 1. The molecule has 1 aliphatic rings. The third-order valence-corrected chi connectivity index (χ3v) is 3.94. The summed E-state index contributed by atoms with van der Waals surface area (Å²) in [6, 6.07) is 5.01. The molecule has 2 aromatic rings. The SMILES string of the molecule is CCO[C@@H]1CN(C(=O)c2cc(=O)[nH]c3ccc(F)cc23)C[C@H]1O. The van der Waals surface area contributed by atoms with Crippen molar-refractivity contribution in [2.24, 2.45) is 0 Å². The van der Waals surface area contributed by atoms with E-state index in [4.69, 9.17) is 4.74 Å². The molecule has 1 fully saturated rings. The number of rotatable bonds is 3. The summed E-state index contributed by atoms with van der Waals surface area (Å²) in [7, 11) is 0. The Hall–Kier alpha value is -2.25. The molecule has 1 saturated heterocycles. The largest absolute Gasteiger partial charge is 0.388 e. The van der Waals surface area contributed by atoms with Crippen LogP contribution in [0.25, 0.3) is 10.9 Å². The third kappa shape index (κ3) is 2.97. The van der Waals surface area contributed by atoms with Gasteiger partial charge in [0.1, 0.15) is 11.9 Å². The smallest absolute Gasteiger partial charge is 0.254 e. The second kappa shape index (κ2) is 6.10. The van der Waals surface area contributed by atoms with Crippen molar-refractivity contribution >= 4 is 16.8 Å². The predicted molar refractivity (Wildman–Crippen MR) is 81.9 cm³/mol. The van der Waals surface area contributed by atoms with E-state index < -0.39 is 29.5 Å². The summed E-state index contributed by atoms with van der Waals surface area (Å²) >= 11 is 0. The van der Waals surface area contributed by atoms with Crippen molar-refractivity contribution in [2.75, 3.05) is 19.7 Å². The number of aliphatic hydroxyl groups is 1. The maximum absolute atomic E-state index is 13.5. The molecule has 1 amide bonds. The molecular formula is C16H17FN2O4. The van der Waals surface area contributed by atoms with E-state index in [1.54, 1.807) is 0 Å². The number of ether oxygens (including phenoxy) is 1. The van der Waals surface area contributed by atoms with Crippen LogP contribution >= 0.6 is 0 Å². The highest BCUT2D eigenvalue weighted by molar-refractivity contribution is 6.06. The van der Waals surface area contributed by atoms with Crippen LogP contribution in [0.5, 0.6) is 0 Å². The van der Waals surface area contributed by atoms with E-state index in [0.29, 0.717) is 17.5 Å². The number of fused-ring (bicyclic) bond motifs is 1. The topological polar surface area (TPSA) is 82.6 Å². The van der Waals surface area contributed by atoms with E-state index in [9.17, 15) is 19.1 Å². The third-order valence-electron chi connectivity index (χ3n) is 3.94. The van der Waals surface area contributed by atoms with Crippen LogP contribution in [0.4, 0.5) is 4.39 Å². The number of halogens is 1. The first kappa shape index (κ1) is 15.6. The fourth-order valence-electron chi connectivity index (χ4n) is 2.87. The number of hydrogen-bond donors (Lipinski definition) is 2. The van der Waals surface area contributed by atoms with Crippen molar-refractivity contribution < 1.29 is 19.0 Å². The Morgan fingerprint density at radius 3 is 2.96 bits per heavy atom. The summed E-state index contributed by atoms with van der Waals surface area (Å²) in [6.07, 6.45) is -1.22. The van der Waals surface area contributed by atoms with Gasteiger partial charge in [-0.25, -0.2) is 4.39 Å². The van der Waals surface area contributed by atoms with Crippen molar-refractivity contribution in [3.63, 3.8) is 0 Å². The minimum absolute atomic E-state index is 0.118. The number of nitrogens with zero attached hydrogens (tertiary/aromatic N) is 1. The number of carbonyl (C=O) groups is 1. The van der Waals surface area contributed by atoms with Gasteiger partial charge in [0.05, 0.1) is 11.7 Å². The number of aliphatic hydroxyl groups excluding tert-OH is 1. The molecule has 3 rings (SSSR count). The van der Waals surface area contributed by atoms with Gasteiger partial charge in [0.25, 0.3) is 5.91 Å². The van der Waals surface area contributed by atoms with Crippen LogP contribution in [-0.4, -0.2) is 52.8 Å². The maximum Gasteiger partial charge on any atom is 0.254 e. The highest BCUT2D eigenvalue weighted by Gasteiger charge is 2.35. The molecule has 1 aromatic carbocycles. The number of aromatic amines is 1. The van der Waals surface area contributed by atoms with Gasteiger partial charge in [-0.1, -0.05) is 0 Å². The summed E-state index contributed by atoms with van der Waals surface area (Å²) in [4.78, 5) is 28.4. The Kier molecular flexibility index (Phi) is 4.14. The van der Waals surface area contributed by atoms with Gasteiger partial charge in [-0.3, -0.25) is 9.59 Å². The lowest BCUT2D eigenvalue weighted by Crippen LogP contribution is -2.31. The molecule has 1 aromatic heterocycles. The number of aromatic nitrogens is 1. The van der Waals surface area contributed by atoms with E-state index in [1.807, 2.05) is 6.92 Å². The van der Waals surface area contributed by atoms with Crippen LogP contribution in [0.1, 0.15) is 17.3 Å². The summed E-state index contributed by atoms with van der Waals surface area (Å²) in [5, 5.41) is 10.3.